The summed E-state index contributed by atoms with van der Waals surface area (Å²) >= 11 is 8.11. The average molecular weight is 466 g/mol. The van der Waals surface area contributed by atoms with Gasteiger partial charge < -0.3 is 14.6 Å². The summed E-state index contributed by atoms with van der Waals surface area (Å²) in [6.07, 6.45) is 0. The number of hydrogen-bond donors (Lipinski definition) is 1. The van der Waals surface area contributed by atoms with Gasteiger partial charge in [0.15, 0.2) is 5.76 Å². The summed E-state index contributed by atoms with van der Waals surface area (Å²) in [5.74, 6) is 0.581. The van der Waals surface area contributed by atoms with Gasteiger partial charge in [-0.05, 0) is 42.3 Å². The Kier molecular flexibility index (Phi) is 6.02. The number of likely N-dealkylation sites (N-methyl/N-ethyl adjacent to an activating group) is 1. The molecule has 2 aromatic heterocycles. The third kappa shape index (κ3) is 4.07. The van der Waals surface area contributed by atoms with Crippen molar-refractivity contribution in [1.29, 1.82) is 0 Å². The molecule has 5 rings (SSSR count). The van der Waals surface area contributed by atoms with E-state index >= 15 is 0 Å². The largest absolute Gasteiger partial charge is 0.457 e. The van der Waals surface area contributed by atoms with E-state index in [4.69, 9.17) is 16.0 Å². The van der Waals surface area contributed by atoms with E-state index in [1.54, 1.807) is 0 Å². The van der Waals surface area contributed by atoms with Gasteiger partial charge in [-0.25, -0.2) is 0 Å². The summed E-state index contributed by atoms with van der Waals surface area (Å²) in [4.78, 5) is 18.4. The first-order valence-corrected chi connectivity index (χ1v) is 11.9. The van der Waals surface area contributed by atoms with Crippen LogP contribution in [0.1, 0.15) is 27.0 Å². The molecular formula is C25H24ClN3O2S. The minimum Gasteiger partial charge on any atom is -0.457 e. The van der Waals surface area contributed by atoms with Crippen LogP contribution in [0.25, 0.3) is 11.0 Å². The summed E-state index contributed by atoms with van der Waals surface area (Å²) in [5.41, 5.74) is 2.43. The highest BCUT2D eigenvalue weighted by Crippen LogP contribution is 2.42. The van der Waals surface area contributed by atoms with Crippen LogP contribution in [-0.2, 0) is 0 Å². The fourth-order valence-corrected chi connectivity index (χ4v) is 5.11. The Balaban J connectivity index is 1.65. The molecule has 1 saturated heterocycles. The van der Waals surface area contributed by atoms with Crippen molar-refractivity contribution in [2.24, 2.45) is 0 Å². The van der Waals surface area contributed by atoms with E-state index in [9.17, 15) is 4.79 Å². The van der Waals surface area contributed by atoms with Crippen LogP contribution in [0.5, 0.6) is 0 Å². The van der Waals surface area contributed by atoms with Gasteiger partial charge in [0, 0.05) is 36.6 Å². The van der Waals surface area contributed by atoms with Crippen LogP contribution in [0.4, 0.5) is 5.69 Å². The molecule has 2 aromatic carbocycles. The minimum absolute atomic E-state index is 0.135. The standard InChI is InChI=1S/C25H24ClN3O2S/c1-28-12-14-29(15-13-28)23(17-7-2-4-9-19(17)26)24-22(18-8-3-5-10-20(18)31-24)27-25(30)21-11-6-16-32-21/h2-11,16,23H,12-15H2,1H3,(H,27,30)/t23-/m0/s1. The van der Waals surface area contributed by atoms with Crippen molar-refractivity contribution in [1.82, 2.24) is 9.80 Å². The fourth-order valence-electron chi connectivity index (χ4n) is 4.25. The number of benzene rings is 2. The number of amides is 1. The smallest absolute Gasteiger partial charge is 0.265 e. The van der Waals surface area contributed by atoms with Gasteiger partial charge >= 0.3 is 0 Å². The molecule has 0 radical (unpaired) electrons. The monoisotopic (exact) mass is 465 g/mol. The molecular weight excluding hydrogens is 442 g/mol. The number of hydrogen-bond acceptors (Lipinski definition) is 5. The van der Waals surface area contributed by atoms with Crippen LogP contribution in [-0.4, -0.2) is 48.9 Å². The van der Waals surface area contributed by atoms with Crippen LogP contribution >= 0.6 is 22.9 Å². The number of rotatable bonds is 5. The first-order chi connectivity index (χ1) is 15.6. The van der Waals surface area contributed by atoms with Gasteiger partial charge in [0.1, 0.15) is 5.58 Å². The predicted molar refractivity (Wildman–Crippen MR) is 131 cm³/mol. The first kappa shape index (κ1) is 21.2. The molecule has 3 heterocycles. The number of halogens is 1. The lowest BCUT2D eigenvalue weighted by Crippen LogP contribution is -2.46. The van der Waals surface area contributed by atoms with Crippen molar-refractivity contribution < 1.29 is 9.21 Å². The normalized spacial score (nSPS) is 16.3. The zero-order valence-electron chi connectivity index (χ0n) is 17.8. The average Bonchev–Trinajstić information content (AvgIpc) is 3.46. The molecule has 5 nitrogen and oxygen atoms in total. The van der Waals surface area contributed by atoms with E-state index in [1.807, 2.05) is 66.0 Å². The number of para-hydroxylation sites is 1. The molecule has 0 aliphatic carbocycles. The Hall–Kier alpha value is -2.64. The molecule has 1 aliphatic rings. The maximum absolute atomic E-state index is 13.0. The van der Waals surface area contributed by atoms with Crippen LogP contribution < -0.4 is 5.32 Å². The molecule has 0 spiro atoms. The molecule has 164 valence electrons. The molecule has 0 bridgehead atoms. The molecule has 1 fully saturated rings. The molecule has 1 amide bonds. The van der Waals surface area contributed by atoms with Gasteiger partial charge in [0.2, 0.25) is 0 Å². The van der Waals surface area contributed by atoms with Crippen molar-refractivity contribution in [3.05, 3.63) is 87.3 Å². The van der Waals surface area contributed by atoms with E-state index in [1.165, 1.54) is 11.3 Å². The number of anilines is 1. The third-order valence-electron chi connectivity index (χ3n) is 5.96. The number of furan rings is 1. The second kappa shape index (κ2) is 9.08. The Morgan fingerprint density at radius 3 is 2.53 bits per heavy atom. The molecule has 1 atom stereocenters. The molecule has 7 heteroatoms. The predicted octanol–water partition coefficient (Wildman–Crippen LogP) is 5.74. The van der Waals surface area contributed by atoms with Gasteiger partial charge in [-0.2, -0.15) is 0 Å². The lowest BCUT2D eigenvalue weighted by molar-refractivity contribution is 0.102. The van der Waals surface area contributed by atoms with E-state index < -0.39 is 0 Å². The second-order valence-electron chi connectivity index (χ2n) is 8.03. The number of nitrogens with zero attached hydrogens (tertiary/aromatic N) is 2. The quantitative estimate of drug-likeness (QED) is 0.408. The maximum Gasteiger partial charge on any atom is 0.265 e. The summed E-state index contributed by atoms with van der Waals surface area (Å²) in [6, 6.07) is 19.2. The molecule has 4 aromatic rings. The lowest BCUT2D eigenvalue weighted by atomic mass is 9.99. The number of thiophene rings is 1. The van der Waals surface area contributed by atoms with Crippen molar-refractivity contribution in [2.75, 3.05) is 38.5 Å². The van der Waals surface area contributed by atoms with E-state index in [2.05, 4.69) is 22.2 Å². The molecule has 0 saturated carbocycles. The topological polar surface area (TPSA) is 48.7 Å². The Morgan fingerprint density at radius 2 is 1.78 bits per heavy atom. The molecule has 0 unspecified atom stereocenters. The van der Waals surface area contributed by atoms with Crippen molar-refractivity contribution in [3.8, 4) is 0 Å². The van der Waals surface area contributed by atoms with Gasteiger partial charge in [-0.15, -0.1) is 11.3 Å². The molecule has 1 N–H and O–H groups in total. The van der Waals surface area contributed by atoms with Crippen molar-refractivity contribution >= 4 is 45.5 Å². The highest BCUT2D eigenvalue weighted by atomic mass is 35.5. The van der Waals surface area contributed by atoms with E-state index in [0.717, 1.165) is 42.7 Å². The number of nitrogens with one attached hydrogen (secondary N) is 1. The summed E-state index contributed by atoms with van der Waals surface area (Å²) < 4.78 is 6.44. The first-order valence-electron chi connectivity index (χ1n) is 10.6. The molecule has 1 aliphatic heterocycles. The number of carbonyl (C=O) groups is 1. The van der Waals surface area contributed by atoms with Crippen molar-refractivity contribution in [2.45, 2.75) is 6.04 Å². The number of fused-ring (bicyclic) bond motifs is 1. The lowest BCUT2D eigenvalue weighted by Gasteiger charge is -2.37. The van der Waals surface area contributed by atoms with Gasteiger partial charge in [-0.3, -0.25) is 9.69 Å². The Morgan fingerprint density at radius 1 is 1.03 bits per heavy atom. The van der Waals surface area contributed by atoms with Gasteiger partial charge in [-0.1, -0.05) is 48.0 Å². The SMILES string of the molecule is CN1CCN([C@@H](c2ccccc2Cl)c2oc3ccccc3c2NC(=O)c2cccs2)CC1. The zero-order valence-corrected chi connectivity index (χ0v) is 19.3. The van der Waals surface area contributed by atoms with Crippen LogP contribution in [0.15, 0.2) is 70.5 Å². The van der Waals surface area contributed by atoms with Gasteiger partial charge in [0.25, 0.3) is 5.91 Å². The third-order valence-corrected chi connectivity index (χ3v) is 7.17. The summed E-state index contributed by atoms with van der Waals surface area (Å²) in [6.45, 7) is 3.67. The summed E-state index contributed by atoms with van der Waals surface area (Å²) in [5, 5.41) is 6.63. The Bertz CT molecular complexity index is 1230. The zero-order chi connectivity index (χ0) is 22.1. The van der Waals surface area contributed by atoms with Crippen LogP contribution in [0.3, 0.4) is 0 Å². The van der Waals surface area contributed by atoms with E-state index in [0.29, 0.717) is 21.3 Å². The van der Waals surface area contributed by atoms with E-state index in [-0.39, 0.29) is 11.9 Å². The molecule has 32 heavy (non-hydrogen) atoms. The van der Waals surface area contributed by atoms with Crippen LogP contribution in [0.2, 0.25) is 5.02 Å². The van der Waals surface area contributed by atoms with Gasteiger partial charge in [0.05, 0.1) is 16.6 Å². The Labute approximate surface area is 196 Å². The highest BCUT2D eigenvalue weighted by molar-refractivity contribution is 7.12. The minimum atomic E-state index is -0.205. The highest BCUT2D eigenvalue weighted by Gasteiger charge is 2.33. The van der Waals surface area contributed by atoms with Crippen molar-refractivity contribution in [3.63, 3.8) is 0 Å². The van der Waals surface area contributed by atoms with Crippen LogP contribution in [0, 0.1) is 0 Å². The fraction of sp³-hybridized carbons (Fsp3) is 0.240. The second-order valence-corrected chi connectivity index (χ2v) is 9.39. The summed E-state index contributed by atoms with van der Waals surface area (Å²) in [7, 11) is 2.13. The number of piperazine rings is 1. The number of carbonyl (C=O) groups excluding carboxylic acids is 1. The maximum atomic E-state index is 13.0.